The molecule has 1 aromatic heterocycles. The molecule has 2 aromatic rings. The minimum absolute atomic E-state index is 0.126. The zero-order chi connectivity index (χ0) is 16.8. The first kappa shape index (κ1) is 16.3. The summed E-state index contributed by atoms with van der Waals surface area (Å²) in [6, 6.07) is 11.5. The lowest BCUT2D eigenvalue weighted by molar-refractivity contribution is -0.124. The van der Waals surface area contributed by atoms with E-state index in [1.165, 1.54) is 0 Å². The van der Waals surface area contributed by atoms with Crippen molar-refractivity contribution in [3.05, 3.63) is 48.2 Å². The summed E-state index contributed by atoms with van der Waals surface area (Å²) in [5.74, 6) is 1.25. The third-order valence-corrected chi connectivity index (χ3v) is 3.89. The zero-order valence-electron chi connectivity index (χ0n) is 13.6. The van der Waals surface area contributed by atoms with Gasteiger partial charge < -0.3 is 20.1 Å². The maximum atomic E-state index is 12.0. The summed E-state index contributed by atoms with van der Waals surface area (Å²) >= 11 is 0. The number of nitrogens with zero attached hydrogens (tertiary/aromatic N) is 1. The highest BCUT2D eigenvalue weighted by Crippen LogP contribution is 2.16. The van der Waals surface area contributed by atoms with E-state index in [4.69, 9.17) is 9.47 Å². The number of pyridine rings is 1. The monoisotopic (exact) mass is 327 g/mol. The van der Waals surface area contributed by atoms with Crippen LogP contribution in [0, 0.1) is 0 Å². The Kier molecular flexibility index (Phi) is 5.28. The number of benzene rings is 1. The van der Waals surface area contributed by atoms with Gasteiger partial charge in [0.25, 0.3) is 5.91 Å². The topological polar surface area (TPSA) is 72.5 Å². The summed E-state index contributed by atoms with van der Waals surface area (Å²) in [6.45, 7) is 1.34. The van der Waals surface area contributed by atoms with E-state index in [9.17, 15) is 4.79 Å². The molecule has 0 bridgehead atoms. The fourth-order valence-corrected chi connectivity index (χ4v) is 2.51. The lowest BCUT2D eigenvalue weighted by Crippen LogP contribution is -2.27. The van der Waals surface area contributed by atoms with E-state index >= 15 is 0 Å². The predicted octanol–water partition coefficient (Wildman–Crippen LogP) is 2.82. The molecule has 6 heteroatoms. The molecule has 6 nitrogen and oxygen atoms in total. The van der Waals surface area contributed by atoms with Crippen molar-refractivity contribution in [2.45, 2.75) is 25.5 Å². The number of ether oxygens (including phenoxy) is 2. The molecule has 1 saturated heterocycles. The van der Waals surface area contributed by atoms with Gasteiger partial charge in [-0.2, -0.15) is 0 Å². The molecular formula is C18H21N3O3. The average molecular weight is 327 g/mol. The fraction of sp³-hybridized carbons (Fsp3) is 0.333. The summed E-state index contributed by atoms with van der Waals surface area (Å²) in [7, 11) is 1.65. The van der Waals surface area contributed by atoms with Gasteiger partial charge in [-0.1, -0.05) is 12.1 Å². The van der Waals surface area contributed by atoms with Crippen molar-refractivity contribution in [1.29, 1.82) is 0 Å². The van der Waals surface area contributed by atoms with Crippen molar-refractivity contribution in [1.82, 2.24) is 4.98 Å². The third kappa shape index (κ3) is 4.23. The normalized spacial score (nSPS) is 16.6. The Bertz CT molecular complexity index is 665. The van der Waals surface area contributed by atoms with Crippen LogP contribution in [0.1, 0.15) is 18.4 Å². The number of carbonyl (C=O) groups excluding carboxylic acids is 1. The minimum atomic E-state index is -0.348. The van der Waals surface area contributed by atoms with Crippen LogP contribution >= 0.6 is 0 Å². The van der Waals surface area contributed by atoms with E-state index in [1.807, 2.05) is 30.3 Å². The van der Waals surface area contributed by atoms with E-state index < -0.39 is 0 Å². The van der Waals surface area contributed by atoms with Gasteiger partial charge in [0.1, 0.15) is 17.7 Å². The van der Waals surface area contributed by atoms with Gasteiger partial charge in [0.15, 0.2) is 0 Å². The Morgan fingerprint density at radius 3 is 2.75 bits per heavy atom. The second kappa shape index (κ2) is 7.79. The largest absolute Gasteiger partial charge is 0.497 e. The average Bonchev–Trinajstić information content (AvgIpc) is 3.16. The van der Waals surface area contributed by atoms with Gasteiger partial charge >= 0.3 is 0 Å². The summed E-state index contributed by atoms with van der Waals surface area (Å²) < 4.78 is 10.5. The molecule has 1 unspecified atom stereocenters. The third-order valence-electron chi connectivity index (χ3n) is 3.89. The maximum absolute atomic E-state index is 12.0. The van der Waals surface area contributed by atoms with Crippen molar-refractivity contribution >= 4 is 17.4 Å². The molecule has 0 saturated carbocycles. The highest BCUT2D eigenvalue weighted by Gasteiger charge is 2.23. The van der Waals surface area contributed by atoms with Crippen LogP contribution in [0.3, 0.4) is 0 Å². The van der Waals surface area contributed by atoms with Crippen LogP contribution in [0.4, 0.5) is 11.5 Å². The van der Waals surface area contributed by atoms with E-state index in [2.05, 4.69) is 15.6 Å². The summed E-state index contributed by atoms with van der Waals surface area (Å²) in [4.78, 5) is 16.2. The van der Waals surface area contributed by atoms with Gasteiger partial charge in [-0.3, -0.25) is 4.79 Å². The molecule has 2 heterocycles. The highest BCUT2D eigenvalue weighted by atomic mass is 16.5. The van der Waals surface area contributed by atoms with E-state index in [1.54, 1.807) is 19.4 Å². The van der Waals surface area contributed by atoms with Gasteiger partial charge in [0.05, 0.1) is 19.0 Å². The summed E-state index contributed by atoms with van der Waals surface area (Å²) in [5, 5.41) is 6.07. The van der Waals surface area contributed by atoms with E-state index in [-0.39, 0.29) is 12.0 Å². The molecule has 1 aromatic carbocycles. The molecule has 0 spiro atoms. The van der Waals surface area contributed by atoms with Gasteiger partial charge in [-0.25, -0.2) is 4.98 Å². The second-order valence-corrected chi connectivity index (χ2v) is 5.62. The van der Waals surface area contributed by atoms with Crippen LogP contribution in [0.5, 0.6) is 5.75 Å². The van der Waals surface area contributed by atoms with Crippen molar-refractivity contribution < 1.29 is 14.3 Å². The second-order valence-electron chi connectivity index (χ2n) is 5.62. The number of carbonyl (C=O) groups is 1. The molecule has 1 aliphatic rings. The molecular weight excluding hydrogens is 306 g/mol. The number of anilines is 2. The summed E-state index contributed by atoms with van der Waals surface area (Å²) in [6.07, 6.45) is 3.06. The minimum Gasteiger partial charge on any atom is -0.497 e. The predicted molar refractivity (Wildman–Crippen MR) is 92.2 cm³/mol. The first-order chi connectivity index (χ1) is 11.7. The molecule has 0 radical (unpaired) electrons. The Hall–Kier alpha value is -2.60. The van der Waals surface area contributed by atoms with Crippen molar-refractivity contribution in [2.24, 2.45) is 0 Å². The van der Waals surface area contributed by atoms with Gasteiger partial charge in [-0.05, 0) is 42.7 Å². The molecule has 24 heavy (non-hydrogen) atoms. The van der Waals surface area contributed by atoms with E-state index in [0.29, 0.717) is 19.0 Å². The molecule has 1 aliphatic heterocycles. The highest BCUT2D eigenvalue weighted by molar-refractivity contribution is 5.93. The number of aromatic nitrogens is 1. The first-order valence-electron chi connectivity index (χ1n) is 8.00. The summed E-state index contributed by atoms with van der Waals surface area (Å²) in [5.41, 5.74) is 2.03. The zero-order valence-corrected chi connectivity index (χ0v) is 13.6. The molecule has 126 valence electrons. The standard InChI is InChI=1S/C18H21N3O3/c1-23-15-7-4-13(5-8-15)11-19-14-6-9-17(20-12-14)21-18(22)16-3-2-10-24-16/h4-9,12,16,19H,2-3,10-11H2,1H3,(H,20,21,22). The van der Waals surface area contributed by atoms with Crippen LogP contribution in [0.25, 0.3) is 0 Å². The molecule has 3 rings (SSSR count). The quantitative estimate of drug-likeness (QED) is 0.853. The number of nitrogens with one attached hydrogen (secondary N) is 2. The van der Waals surface area contributed by atoms with Crippen LogP contribution < -0.4 is 15.4 Å². The van der Waals surface area contributed by atoms with Crippen LogP contribution in [-0.4, -0.2) is 30.7 Å². The molecule has 2 N–H and O–H groups in total. The maximum Gasteiger partial charge on any atom is 0.254 e. The lowest BCUT2D eigenvalue weighted by atomic mass is 10.2. The van der Waals surface area contributed by atoms with Crippen LogP contribution in [0.15, 0.2) is 42.6 Å². The molecule has 1 fully saturated rings. The number of hydrogen-bond acceptors (Lipinski definition) is 5. The SMILES string of the molecule is COc1ccc(CNc2ccc(NC(=O)C3CCCO3)nc2)cc1. The Labute approximate surface area is 141 Å². The van der Waals surface area contributed by atoms with Crippen molar-refractivity contribution in [2.75, 3.05) is 24.4 Å². The number of methoxy groups -OCH3 is 1. The lowest BCUT2D eigenvalue weighted by Gasteiger charge is -2.11. The number of hydrogen-bond donors (Lipinski definition) is 2. The Morgan fingerprint density at radius 1 is 1.29 bits per heavy atom. The van der Waals surface area contributed by atoms with Crippen LogP contribution in [0.2, 0.25) is 0 Å². The molecule has 1 amide bonds. The Morgan fingerprint density at radius 2 is 2.12 bits per heavy atom. The van der Waals surface area contributed by atoms with Crippen LogP contribution in [-0.2, 0) is 16.1 Å². The molecule has 0 aliphatic carbocycles. The number of amides is 1. The Balaban J connectivity index is 1.51. The first-order valence-corrected chi connectivity index (χ1v) is 8.00. The van der Waals surface area contributed by atoms with Crippen molar-refractivity contribution in [3.63, 3.8) is 0 Å². The fourth-order valence-electron chi connectivity index (χ4n) is 2.51. The molecule has 1 atom stereocenters. The van der Waals surface area contributed by atoms with Gasteiger partial charge in [0, 0.05) is 13.2 Å². The van der Waals surface area contributed by atoms with E-state index in [0.717, 1.165) is 29.8 Å². The smallest absolute Gasteiger partial charge is 0.254 e. The van der Waals surface area contributed by atoms with Gasteiger partial charge in [-0.15, -0.1) is 0 Å². The number of rotatable bonds is 6. The van der Waals surface area contributed by atoms with Gasteiger partial charge in [0.2, 0.25) is 0 Å². The van der Waals surface area contributed by atoms with Crippen molar-refractivity contribution in [3.8, 4) is 5.75 Å².